The number of nitrogens with two attached hydrogens (primary N) is 1. The third-order valence-electron chi connectivity index (χ3n) is 3.80. The van der Waals surface area contributed by atoms with Gasteiger partial charge in [-0.05, 0) is 32.9 Å². The van der Waals surface area contributed by atoms with Crippen LogP contribution in [0.3, 0.4) is 0 Å². The van der Waals surface area contributed by atoms with Gasteiger partial charge in [0, 0.05) is 23.1 Å². The minimum Gasteiger partial charge on any atom is -0.368 e. The molecule has 3 heterocycles. The summed E-state index contributed by atoms with van der Waals surface area (Å²) in [5, 5.41) is 26.4. The minimum absolute atomic E-state index is 0.0157. The second-order valence-corrected chi connectivity index (χ2v) is 7.65. The Balaban J connectivity index is 2.03. The van der Waals surface area contributed by atoms with Crippen LogP contribution < -0.4 is 10.7 Å². The van der Waals surface area contributed by atoms with E-state index in [0.717, 1.165) is 23.5 Å². The van der Waals surface area contributed by atoms with Crippen molar-refractivity contribution in [2.45, 2.75) is 32.7 Å². The Morgan fingerprint density at radius 1 is 1.44 bits per heavy atom. The summed E-state index contributed by atoms with van der Waals surface area (Å²) in [6, 6.07) is 4.95. The summed E-state index contributed by atoms with van der Waals surface area (Å²) in [6.07, 6.45) is 2.23. The largest absolute Gasteiger partial charge is 0.368 e. The molecule has 3 rings (SSSR count). The number of hydrazone groups is 1. The summed E-state index contributed by atoms with van der Waals surface area (Å²) >= 11 is 0.952. The molecule has 1 aliphatic rings. The van der Waals surface area contributed by atoms with E-state index in [-0.39, 0.29) is 33.8 Å². The van der Waals surface area contributed by atoms with Gasteiger partial charge < -0.3 is 5.73 Å². The fraction of sp³-hybridized carbons (Fsp3) is 0.312. The molecule has 1 aliphatic heterocycles. The predicted octanol–water partition coefficient (Wildman–Crippen LogP) is 2.85. The van der Waals surface area contributed by atoms with Gasteiger partial charge >= 0.3 is 5.00 Å². The second kappa shape index (κ2) is 6.73. The average Bonchev–Trinajstić information content (AvgIpc) is 3.15. The van der Waals surface area contributed by atoms with Crippen LogP contribution in [0.5, 0.6) is 0 Å². The molecule has 138 valence electrons. The highest BCUT2D eigenvalue weighted by atomic mass is 32.1. The highest BCUT2D eigenvalue weighted by Crippen LogP contribution is 2.32. The Labute approximate surface area is 158 Å². The molecule has 27 heavy (non-hydrogen) atoms. The lowest BCUT2D eigenvalue weighted by Crippen LogP contribution is -2.37. The maximum atomic E-state index is 10.8. The fourth-order valence-electron chi connectivity index (χ4n) is 2.76. The number of hydrogen-bond acceptors (Lipinski definition) is 10. The van der Waals surface area contributed by atoms with Crippen LogP contribution in [0, 0.1) is 21.4 Å². The number of thiophene rings is 1. The number of nitrogens with zero attached hydrogens (tertiary/aromatic N) is 7. The molecule has 2 N–H and O–H groups in total. The highest BCUT2D eigenvalue weighted by Gasteiger charge is 2.35. The van der Waals surface area contributed by atoms with Gasteiger partial charge in [-0.2, -0.15) is 25.3 Å². The fourth-order valence-corrected chi connectivity index (χ4v) is 3.53. The van der Waals surface area contributed by atoms with Crippen LogP contribution in [-0.4, -0.2) is 31.1 Å². The van der Waals surface area contributed by atoms with Crippen LogP contribution in [0.4, 0.5) is 16.9 Å². The molecular formula is C16H16N8O2S. The van der Waals surface area contributed by atoms with Crippen molar-refractivity contribution in [3.8, 4) is 6.07 Å². The van der Waals surface area contributed by atoms with Crippen LogP contribution in [0.15, 0.2) is 17.2 Å². The summed E-state index contributed by atoms with van der Waals surface area (Å²) in [4.78, 5) is 23.4. The summed E-state index contributed by atoms with van der Waals surface area (Å²) < 4.78 is 0. The van der Waals surface area contributed by atoms with Gasteiger partial charge in [0.2, 0.25) is 5.95 Å². The Morgan fingerprint density at radius 2 is 2.19 bits per heavy atom. The molecule has 0 aliphatic carbocycles. The molecular weight excluding hydrogens is 368 g/mol. The van der Waals surface area contributed by atoms with Gasteiger partial charge in [0.25, 0.3) is 5.95 Å². The van der Waals surface area contributed by atoms with E-state index in [1.165, 1.54) is 12.1 Å². The van der Waals surface area contributed by atoms with Crippen molar-refractivity contribution in [3.05, 3.63) is 32.9 Å². The van der Waals surface area contributed by atoms with Gasteiger partial charge in [-0.25, -0.2) is 5.01 Å². The van der Waals surface area contributed by atoms with Gasteiger partial charge in [-0.3, -0.25) is 10.1 Å². The van der Waals surface area contributed by atoms with Crippen molar-refractivity contribution >= 4 is 45.6 Å². The lowest BCUT2D eigenvalue weighted by atomic mass is 9.99. The number of nitro groups is 1. The van der Waals surface area contributed by atoms with E-state index in [0.29, 0.717) is 4.88 Å². The lowest BCUT2D eigenvalue weighted by Gasteiger charge is -2.28. The zero-order valence-corrected chi connectivity index (χ0v) is 15.7. The highest BCUT2D eigenvalue weighted by molar-refractivity contribution is 7.16. The number of nitriles is 1. The molecule has 0 saturated heterocycles. The van der Waals surface area contributed by atoms with Crippen molar-refractivity contribution in [1.29, 1.82) is 5.26 Å². The first-order valence-corrected chi connectivity index (χ1v) is 8.73. The third kappa shape index (κ3) is 3.75. The van der Waals surface area contributed by atoms with Crippen LogP contribution >= 0.6 is 11.3 Å². The van der Waals surface area contributed by atoms with E-state index in [1.807, 2.05) is 26.8 Å². The first-order valence-electron chi connectivity index (χ1n) is 7.92. The molecule has 0 unspecified atom stereocenters. The number of aromatic nitrogens is 3. The van der Waals surface area contributed by atoms with Crippen LogP contribution in [0.1, 0.15) is 37.9 Å². The third-order valence-corrected chi connectivity index (χ3v) is 4.79. The van der Waals surface area contributed by atoms with E-state index >= 15 is 0 Å². The molecule has 0 aromatic carbocycles. The standard InChI is InChI=1S/C16H16N8O2S/c1-9-7-16(2,3)23(22-9)15-20-13(19-14(18)21-15)10(8-17)6-11-4-5-12(27-11)24(25)26/h4-6H,7H2,1-3H3,(H2,18,19,20,21)/b10-6+. The average molecular weight is 384 g/mol. The van der Waals surface area contributed by atoms with E-state index in [9.17, 15) is 15.4 Å². The Kier molecular flexibility index (Phi) is 4.59. The Hall–Kier alpha value is -3.39. The number of allylic oxidation sites excluding steroid dienone is 1. The van der Waals surface area contributed by atoms with Crippen molar-refractivity contribution in [2.75, 3.05) is 10.7 Å². The van der Waals surface area contributed by atoms with Crippen LogP contribution in [-0.2, 0) is 0 Å². The van der Waals surface area contributed by atoms with Crippen molar-refractivity contribution in [2.24, 2.45) is 5.10 Å². The van der Waals surface area contributed by atoms with Gasteiger partial charge in [0.1, 0.15) is 6.07 Å². The van der Waals surface area contributed by atoms with Crippen LogP contribution in [0.2, 0.25) is 0 Å². The predicted molar refractivity (Wildman–Crippen MR) is 103 cm³/mol. The van der Waals surface area contributed by atoms with E-state index in [2.05, 4.69) is 20.1 Å². The van der Waals surface area contributed by atoms with Gasteiger partial charge in [0.15, 0.2) is 5.82 Å². The topological polar surface area (TPSA) is 147 Å². The number of hydrogen-bond donors (Lipinski definition) is 1. The molecule has 0 radical (unpaired) electrons. The summed E-state index contributed by atoms with van der Waals surface area (Å²) in [5.74, 6) is 0.299. The number of rotatable bonds is 4. The van der Waals surface area contributed by atoms with Gasteiger partial charge in [-0.1, -0.05) is 11.3 Å². The second-order valence-electron chi connectivity index (χ2n) is 6.56. The molecule has 0 atom stereocenters. The molecule has 0 bridgehead atoms. The zero-order valence-electron chi connectivity index (χ0n) is 14.9. The Morgan fingerprint density at radius 3 is 2.74 bits per heavy atom. The van der Waals surface area contributed by atoms with Gasteiger partial charge in [0.05, 0.1) is 16.0 Å². The molecule has 2 aromatic heterocycles. The van der Waals surface area contributed by atoms with E-state index < -0.39 is 4.92 Å². The van der Waals surface area contributed by atoms with Crippen molar-refractivity contribution in [1.82, 2.24) is 15.0 Å². The Bertz CT molecular complexity index is 1020. The first-order chi connectivity index (χ1) is 12.7. The molecule has 0 saturated carbocycles. The molecule has 0 spiro atoms. The molecule has 2 aromatic rings. The summed E-state index contributed by atoms with van der Waals surface area (Å²) in [5.41, 5.74) is 6.54. The number of nitrogen functional groups attached to an aromatic ring is 1. The van der Waals surface area contributed by atoms with Crippen LogP contribution in [0.25, 0.3) is 11.6 Å². The lowest BCUT2D eigenvalue weighted by molar-refractivity contribution is -0.380. The van der Waals surface area contributed by atoms with Crippen molar-refractivity contribution < 1.29 is 4.92 Å². The smallest absolute Gasteiger partial charge is 0.324 e. The maximum absolute atomic E-state index is 10.8. The molecule has 0 amide bonds. The SMILES string of the molecule is CC1=NN(c2nc(N)nc(/C(C#N)=C/c3ccc([N+](=O)[O-])s3)n2)C(C)(C)C1. The van der Waals surface area contributed by atoms with Crippen molar-refractivity contribution in [3.63, 3.8) is 0 Å². The number of anilines is 2. The first kappa shape index (κ1) is 18.4. The van der Waals surface area contributed by atoms with E-state index in [4.69, 9.17) is 5.73 Å². The zero-order chi connectivity index (χ0) is 19.8. The maximum Gasteiger partial charge on any atom is 0.324 e. The minimum atomic E-state index is -0.483. The van der Waals surface area contributed by atoms with Gasteiger partial charge in [-0.15, -0.1) is 0 Å². The normalized spacial score (nSPS) is 16.1. The monoisotopic (exact) mass is 384 g/mol. The summed E-state index contributed by atoms with van der Waals surface area (Å²) in [7, 11) is 0. The molecule has 10 nitrogen and oxygen atoms in total. The summed E-state index contributed by atoms with van der Waals surface area (Å²) in [6.45, 7) is 5.91. The quantitative estimate of drug-likeness (QED) is 0.480. The molecule has 11 heteroatoms. The van der Waals surface area contributed by atoms with E-state index in [1.54, 1.807) is 11.1 Å². The molecule has 0 fully saturated rings.